The van der Waals surface area contributed by atoms with E-state index in [0.717, 1.165) is 43.3 Å². The van der Waals surface area contributed by atoms with Crippen molar-refractivity contribution >= 4 is 0 Å². The average Bonchev–Trinajstić information content (AvgIpc) is 2.79. The van der Waals surface area contributed by atoms with Crippen molar-refractivity contribution in [1.29, 1.82) is 5.26 Å². The van der Waals surface area contributed by atoms with Crippen LogP contribution in [0.2, 0.25) is 0 Å². The molecular formula is C17H27N3. The van der Waals surface area contributed by atoms with Crippen molar-refractivity contribution in [3.63, 3.8) is 0 Å². The average molecular weight is 273 g/mol. The molecule has 0 aromatic carbocycles. The van der Waals surface area contributed by atoms with Gasteiger partial charge < -0.3 is 0 Å². The molecule has 0 unspecified atom stereocenters. The van der Waals surface area contributed by atoms with E-state index in [1.807, 2.05) is 6.92 Å². The molecule has 0 aliphatic heterocycles. The Balaban J connectivity index is 2.12. The van der Waals surface area contributed by atoms with Crippen LogP contribution >= 0.6 is 0 Å². The van der Waals surface area contributed by atoms with Crippen LogP contribution in [0, 0.1) is 35.5 Å². The molecule has 0 spiro atoms. The van der Waals surface area contributed by atoms with Crippen LogP contribution in [0.4, 0.5) is 0 Å². The van der Waals surface area contributed by atoms with Gasteiger partial charge in [0.15, 0.2) is 0 Å². The van der Waals surface area contributed by atoms with E-state index >= 15 is 0 Å². The Kier molecular flexibility index (Phi) is 4.52. The van der Waals surface area contributed by atoms with Crippen LogP contribution in [0.5, 0.6) is 0 Å². The van der Waals surface area contributed by atoms with Crippen molar-refractivity contribution in [3.05, 3.63) is 17.5 Å². The van der Waals surface area contributed by atoms with E-state index in [0.29, 0.717) is 0 Å². The van der Waals surface area contributed by atoms with E-state index in [1.165, 1.54) is 18.5 Å². The standard InChI is InChI=1S/C17H27N3/c1-5-20-16(10-14(4)19-20)11-17(12-18)8-6-15(7-9-17)13(2)3/h10,13,15H,5-9,11H2,1-4H3. The summed E-state index contributed by atoms with van der Waals surface area (Å²) in [5.74, 6) is 1.55. The Morgan fingerprint density at radius 1 is 1.45 bits per heavy atom. The zero-order chi connectivity index (χ0) is 14.8. The van der Waals surface area contributed by atoms with E-state index in [9.17, 15) is 5.26 Å². The molecular weight excluding hydrogens is 246 g/mol. The maximum Gasteiger partial charge on any atom is 0.0693 e. The first-order chi connectivity index (χ1) is 9.49. The second kappa shape index (κ2) is 5.99. The molecule has 20 heavy (non-hydrogen) atoms. The smallest absolute Gasteiger partial charge is 0.0693 e. The molecule has 1 fully saturated rings. The van der Waals surface area contributed by atoms with E-state index in [1.54, 1.807) is 0 Å². The minimum Gasteiger partial charge on any atom is -0.270 e. The normalized spacial score (nSPS) is 26.7. The van der Waals surface area contributed by atoms with Gasteiger partial charge >= 0.3 is 0 Å². The first kappa shape index (κ1) is 15.1. The minimum atomic E-state index is -0.162. The Hall–Kier alpha value is -1.30. The Bertz CT molecular complexity index is 485. The molecule has 0 saturated heterocycles. The van der Waals surface area contributed by atoms with Crippen LogP contribution in [-0.2, 0) is 13.0 Å². The zero-order valence-corrected chi connectivity index (χ0v) is 13.3. The molecule has 1 aliphatic carbocycles. The predicted molar refractivity (Wildman–Crippen MR) is 81.2 cm³/mol. The van der Waals surface area contributed by atoms with Gasteiger partial charge in [0.25, 0.3) is 0 Å². The maximum absolute atomic E-state index is 9.72. The fourth-order valence-corrected chi connectivity index (χ4v) is 3.55. The number of aryl methyl sites for hydroxylation is 2. The minimum absolute atomic E-state index is 0.162. The lowest BCUT2D eigenvalue weighted by atomic mass is 9.67. The van der Waals surface area contributed by atoms with Gasteiger partial charge in [-0.15, -0.1) is 0 Å². The summed E-state index contributed by atoms with van der Waals surface area (Å²) in [5.41, 5.74) is 2.13. The third-order valence-electron chi connectivity index (χ3n) is 4.97. The van der Waals surface area contributed by atoms with Gasteiger partial charge in [0.1, 0.15) is 0 Å². The van der Waals surface area contributed by atoms with Gasteiger partial charge in [-0.3, -0.25) is 4.68 Å². The van der Waals surface area contributed by atoms with Gasteiger partial charge in [-0.05, 0) is 57.4 Å². The largest absolute Gasteiger partial charge is 0.270 e. The summed E-state index contributed by atoms with van der Waals surface area (Å²) >= 11 is 0. The molecule has 1 saturated carbocycles. The van der Waals surface area contributed by atoms with Crippen molar-refractivity contribution in [3.8, 4) is 6.07 Å². The Labute approximate surface area is 123 Å². The van der Waals surface area contributed by atoms with Gasteiger partial charge in [0.2, 0.25) is 0 Å². The number of aromatic nitrogens is 2. The third kappa shape index (κ3) is 3.06. The SMILES string of the molecule is CCn1nc(C)cc1CC1(C#N)CCC(C(C)C)CC1. The fourth-order valence-electron chi connectivity index (χ4n) is 3.55. The predicted octanol–water partition coefficient (Wildman–Crippen LogP) is 4.11. The van der Waals surface area contributed by atoms with Crippen LogP contribution < -0.4 is 0 Å². The first-order valence-electron chi connectivity index (χ1n) is 7.94. The molecule has 1 aromatic heterocycles. The van der Waals surface area contributed by atoms with Crippen molar-refractivity contribution in [1.82, 2.24) is 9.78 Å². The number of hydrogen-bond acceptors (Lipinski definition) is 2. The highest BCUT2D eigenvalue weighted by Crippen LogP contribution is 2.43. The number of rotatable bonds is 4. The van der Waals surface area contributed by atoms with Crippen molar-refractivity contribution in [2.24, 2.45) is 17.3 Å². The lowest BCUT2D eigenvalue weighted by Gasteiger charge is -2.36. The van der Waals surface area contributed by atoms with Crippen LogP contribution in [-0.4, -0.2) is 9.78 Å². The summed E-state index contributed by atoms with van der Waals surface area (Å²) < 4.78 is 2.06. The van der Waals surface area contributed by atoms with Gasteiger partial charge in [-0.1, -0.05) is 13.8 Å². The van der Waals surface area contributed by atoms with Gasteiger partial charge in [0.05, 0.1) is 17.2 Å². The first-order valence-corrected chi connectivity index (χ1v) is 7.94. The molecule has 0 N–H and O–H groups in total. The molecule has 3 heteroatoms. The molecule has 0 radical (unpaired) electrons. The summed E-state index contributed by atoms with van der Waals surface area (Å²) in [4.78, 5) is 0. The zero-order valence-electron chi connectivity index (χ0n) is 13.3. The van der Waals surface area contributed by atoms with E-state index < -0.39 is 0 Å². The van der Waals surface area contributed by atoms with Crippen molar-refractivity contribution in [2.75, 3.05) is 0 Å². The van der Waals surface area contributed by atoms with Crippen LogP contribution in [0.3, 0.4) is 0 Å². The Morgan fingerprint density at radius 3 is 2.60 bits per heavy atom. The molecule has 1 aliphatic rings. The van der Waals surface area contributed by atoms with Gasteiger partial charge in [0, 0.05) is 18.7 Å². The molecule has 110 valence electrons. The van der Waals surface area contributed by atoms with Crippen molar-refractivity contribution < 1.29 is 0 Å². The second-order valence-electron chi connectivity index (χ2n) is 6.74. The number of nitriles is 1. The monoisotopic (exact) mass is 273 g/mol. The van der Waals surface area contributed by atoms with Crippen LogP contribution in [0.25, 0.3) is 0 Å². The molecule has 1 heterocycles. The number of hydrogen-bond donors (Lipinski definition) is 0. The van der Waals surface area contributed by atoms with Gasteiger partial charge in [-0.25, -0.2) is 0 Å². The maximum atomic E-state index is 9.72. The molecule has 0 atom stereocenters. The summed E-state index contributed by atoms with van der Waals surface area (Å²) in [6.07, 6.45) is 5.35. The third-order valence-corrected chi connectivity index (χ3v) is 4.97. The Morgan fingerprint density at radius 2 is 2.10 bits per heavy atom. The quantitative estimate of drug-likeness (QED) is 0.828. The van der Waals surface area contributed by atoms with E-state index in [-0.39, 0.29) is 5.41 Å². The summed E-state index contributed by atoms with van der Waals surface area (Å²) in [6.45, 7) is 9.65. The molecule has 3 nitrogen and oxygen atoms in total. The van der Waals surface area contributed by atoms with Crippen LogP contribution in [0.15, 0.2) is 6.07 Å². The van der Waals surface area contributed by atoms with E-state index in [2.05, 4.69) is 42.7 Å². The molecule has 0 bridgehead atoms. The fraction of sp³-hybridized carbons (Fsp3) is 0.765. The summed E-state index contributed by atoms with van der Waals surface area (Å²) in [7, 11) is 0. The van der Waals surface area contributed by atoms with Gasteiger partial charge in [-0.2, -0.15) is 10.4 Å². The topological polar surface area (TPSA) is 41.6 Å². The van der Waals surface area contributed by atoms with Crippen LogP contribution in [0.1, 0.15) is 57.8 Å². The summed E-state index contributed by atoms with van der Waals surface area (Å²) in [5, 5.41) is 14.2. The van der Waals surface area contributed by atoms with Crippen molar-refractivity contribution in [2.45, 2.75) is 66.3 Å². The highest BCUT2D eigenvalue weighted by atomic mass is 15.3. The lowest BCUT2D eigenvalue weighted by molar-refractivity contribution is 0.172. The number of nitrogens with zero attached hydrogens (tertiary/aromatic N) is 3. The highest BCUT2D eigenvalue weighted by molar-refractivity contribution is 5.16. The molecule has 0 amide bonds. The second-order valence-corrected chi connectivity index (χ2v) is 6.74. The summed E-state index contributed by atoms with van der Waals surface area (Å²) in [6, 6.07) is 4.79. The lowest BCUT2D eigenvalue weighted by Crippen LogP contribution is -2.30. The van der Waals surface area contributed by atoms with E-state index in [4.69, 9.17) is 0 Å². The molecule has 2 rings (SSSR count). The highest BCUT2D eigenvalue weighted by Gasteiger charge is 2.37. The molecule has 1 aromatic rings.